The second kappa shape index (κ2) is 14.8. The van der Waals surface area contributed by atoms with Crippen molar-refractivity contribution in [2.75, 3.05) is 5.32 Å². The molecule has 1 heteroatoms. The Labute approximate surface area is 373 Å². The first-order chi connectivity index (χ1) is 30.7. The SMILES string of the molecule is CC1CC=C2C(=C1C(/C=C\c1ccc(-c3ccccc3)cc1)=C/C=C/Nc1ccc3c(c1)C(C)(C)c1ccccc1-3)c1ccccc1C21c2ccccc2C(C)(C)c2ccccc21. The molecular formula is C62H53N. The fraction of sp³-hybridized carbons (Fsp3) is 0.161. The van der Waals surface area contributed by atoms with Gasteiger partial charge in [0.05, 0.1) is 5.41 Å². The van der Waals surface area contributed by atoms with Crippen molar-refractivity contribution in [1.82, 2.24) is 0 Å². The number of benzene rings is 7. The van der Waals surface area contributed by atoms with E-state index >= 15 is 0 Å². The zero-order valence-corrected chi connectivity index (χ0v) is 36.9. The molecule has 1 spiro atoms. The fourth-order valence-electron chi connectivity index (χ4n) is 11.6. The van der Waals surface area contributed by atoms with E-state index in [-0.39, 0.29) is 10.8 Å². The first-order valence-electron chi connectivity index (χ1n) is 22.7. The van der Waals surface area contributed by atoms with E-state index in [1.54, 1.807) is 0 Å². The third-order valence-electron chi connectivity index (χ3n) is 14.7. The summed E-state index contributed by atoms with van der Waals surface area (Å²) in [5, 5.41) is 3.67. The summed E-state index contributed by atoms with van der Waals surface area (Å²) < 4.78 is 0. The van der Waals surface area contributed by atoms with E-state index in [9.17, 15) is 0 Å². The van der Waals surface area contributed by atoms with Crippen LogP contribution in [-0.4, -0.2) is 0 Å². The van der Waals surface area contributed by atoms with Crippen LogP contribution in [0.15, 0.2) is 217 Å². The average Bonchev–Trinajstić information content (AvgIpc) is 3.74. The monoisotopic (exact) mass is 811 g/mol. The highest BCUT2D eigenvalue weighted by molar-refractivity contribution is 5.99. The van der Waals surface area contributed by atoms with Crippen LogP contribution in [-0.2, 0) is 16.2 Å². The average molecular weight is 812 g/mol. The van der Waals surface area contributed by atoms with Gasteiger partial charge in [0, 0.05) is 22.7 Å². The van der Waals surface area contributed by atoms with Crippen LogP contribution in [0.3, 0.4) is 0 Å². The van der Waals surface area contributed by atoms with Gasteiger partial charge in [0.2, 0.25) is 0 Å². The minimum Gasteiger partial charge on any atom is -0.362 e. The fourth-order valence-corrected chi connectivity index (χ4v) is 11.6. The van der Waals surface area contributed by atoms with Gasteiger partial charge in [-0.1, -0.05) is 217 Å². The van der Waals surface area contributed by atoms with Crippen LogP contribution in [0.1, 0.15) is 91.1 Å². The van der Waals surface area contributed by atoms with Crippen LogP contribution in [0, 0.1) is 5.92 Å². The molecule has 0 fully saturated rings. The van der Waals surface area contributed by atoms with E-state index in [2.05, 4.69) is 246 Å². The molecule has 7 aromatic rings. The molecule has 1 nitrogen and oxygen atoms in total. The van der Waals surface area contributed by atoms with Crippen LogP contribution in [0.2, 0.25) is 0 Å². The van der Waals surface area contributed by atoms with Crippen molar-refractivity contribution < 1.29 is 0 Å². The lowest BCUT2D eigenvalue weighted by Crippen LogP contribution is -2.41. The normalized spacial score (nSPS) is 18.4. The van der Waals surface area contributed by atoms with E-state index in [0.717, 1.165) is 12.1 Å². The van der Waals surface area contributed by atoms with E-state index < -0.39 is 5.41 Å². The van der Waals surface area contributed by atoms with Crippen LogP contribution in [0.4, 0.5) is 5.69 Å². The molecule has 4 aliphatic carbocycles. The molecule has 0 saturated carbocycles. The molecule has 1 unspecified atom stereocenters. The largest absolute Gasteiger partial charge is 0.362 e. The van der Waals surface area contributed by atoms with Crippen molar-refractivity contribution in [1.29, 1.82) is 0 Å². The van der Waals surface area contributed by atoms with E-state index in [1.165, 1.54) is 94.6 Å². The summed E-state index contributed by atoms with van der Waals surface area (Å²) >= 11 is 0. The first-order valence-corrected chi connectivity index (χ1v) is 22.7. The molecule has 0 saturated heterocycles. The third kappa shape index (κ3) is 5.97. The number of rotatable bonds is 7. The lowest BCUT2D eigenvalue weighted by atomic mass is 9.55. The van der Waals surface area contributed by atoms with E-state index in [4.69, 9.17) is 0 Å². The Kier molecular flexibility index (Phi) is 9.18. The predicted octanol–water partition coefficient (Wildman–Crippen LogP) is 15.6. The number of anilines is 1. The molecule has 306 valence electrons. The Balaban J connectivity index is 1.05. The van der Waals surface area contributed by atoms with Crippen LogP contribution in [0.5, 0.6) is 0 Å². The van der Waals surface area contributed by atoms with Gasteiger partial charge in [0.1, 0.15) is 0 Å². The highest BCUT2D eigenvalue weighted by Crippen LogP contribution is 2.65. The van der Waals surface area contributed by atoms with Gasteiger partial charge in [-0.2, -0.15) is 0 Å². The standard InChI is InChI=1S/C62H53N/c1-41-29-38-56-59(49-22-10-12-24-51(49)62(56)54-27-15-13-25-52(54)61(4,5)53-26-14-16-28-55(53)62)58(41)45(35-32-42-30-33-44(34-31-42)43-18-7-6-8-19-43)20-17-39-63-46-36-37-48-47-21-9-11-23-50(47)60(2,3)57(48)40-46/h6-28,30-41,63H,29H2,1-5H3/b35-32-,39-17+,45-20+. The zero-order valence-electron chi connectivity index (χ0n) is 36.9. The number of nitrogens with one attached hydrogen (secondary N) is 1. The molecule has 0 heterocycles. The summed E-state index contributed by atoms with van der Waals surface area (Å²) in [6.45, 7) is 11.9. The topological polar surface area (TPSA) is 12.0 Å². The lowest BCUT2D eigenvalue weighted by molar-refractivity contribution is 0.560. The lowest BCUT2D eigenvalue weighted by Gasteiger charge is -2.47. The summed E-state index contributed by atoms with van der Waals surface area (Å²) in [6.07, 6.45) is 14.8. The second-order valence-electron chi connectivity index (χ2n) is 18.9. The summed E-state index contributed by atoms with van der Waals surface area (Å²) in [4.78, 5) is 0. The van der Waals surface area contributed by atoms with Gasteiger partial charge < -0.3 is 5.32 Å². The summed E-state index contributed by atoms with van der Waals surface area (Å²) in [7, 11) is 0. The minimum atomic E-state index is -0.416. The van der Waals surface area contributed by atoms with Gasteiger partial charge in [-0.3, -0.25) is 0 Å². The highest BCUT2D eigenvalue weighted by atomic mass is 14.8. The van der Waals surface area contributed by atoms with Crippen LogP contribution >= 0.6 is 0 Å². The van der Waals surface area contributed by atoms with Crippen molar-refractivity contribution in [2.24, 2.45) is 5.92 Å². The summed E-state index contributed by atoms with van der Waals surface area (Å²) in [6, 6.07) is 63.1. The van der Waals surface area contributed by atoms with Crippen LogP contribution < -0.4 is 5.32 Å². The summed E-state index contributed by atoms with van der Waals surface area (Å²) in [5.74, 6) is 0.302. The van der Waals surface area contributed by atoms with Crippen molar-refractivity contribution in [3.05, 3.63) is 267 Å². The summed E-state index contributed by atoms with van der Waals surface area (Å²) in [5.41, 5.74) is 23.3. The van der Waals surface area contributed by atoms with Crippen molar-refractivity contribution >= 4 is 17.3 Å². The van der Waals surface area contributed by atoms with Gasteiger partial charge in [-0.15, -0.1) is 0 Å². The van der Waals surface area contributed by atoms with Crippen LogP contribution in [0.25, 0.3) is 33.9 Å². The Morgan fingerprint density at radius 3 is 1.79 bits per heavy atom. The maximum absolute atomic E-state index is 3.67. The van der Waals surface area contributed by atoms with Gasteiger partial charge in [0.25, 0.3) is 0 Å². The van der Waals surface area contributed by atoms with Crippen molar-refractivity contribution in [3.8, 4) is 22.3 Å². The third-order valence-corrected chi connectivity index (χ3v) is 14.7. The molecule has 0 aliphatic heterocycles. The highest BCUT2D eigenvalue weighted by Gasteiger charge is 2.55. The maximum Gasteiger partial charge on any atom is 0.0716 e. The van der Waals surface area contributed by atoms with Gasteiger partial charge in [-0.25, -0.2) is 0 Å². The number of fused-ring (bicyclic) bond motifs is 12. The van der Waals surface area contributed by atoms with Gasteiger partial charge in [0.15, 0.2) is 0 Å². The maximum atomic E-state index is 3.67. The van der Waals surface area contributed by atoms with Crippen molar-refractivity contribution in [3.63, 3.8) is 0 Å². The van der Waals surface area contributed by atoms with Gasteiger partial charge >= 0.3 is 0 Å². The Hall–Kier alpha value is -6.96. The van der Waals surface area contributed by atoms with E-state index in [0.29, 0.717) is 5.92 Å². The Morgan fingerprint density at radius 1 is 0.540 bits per heavy atom. The van der Waals surface area contributed by atoms with E-state index in [1.807, 2.05) is 0 Å². The zero-order chi connectivity index (χ0) is 42.9. The molecule has 1 atom stereocenters. The molecular weight excluding hydrogens is 759 g/mol. The molecule has 0 bridgehead atoms. The number of hydrogen-bond donors (Lipinski definition) is 1. The molecule has 11 rings (SSSR count). The Bertz CT molecular complexity index is 3060. The van der Waals surface area contributed by atoms with Gasteiger partial charge in [-0.05, 0) is 125 Å². The second-order valence-corrected chi connectivity index (χ2v) is 18.9. The molecule has 7 aromatic carbocycles. The molecule has 0 aromatic heterocycles. The smallest absolute Gasteiger partial charge is 0.0716 e. The quantitative estimate of drug-likeness (QED) is 0.158. The number of hydrogen-bond acceptors (Lipinski definition) is 1. The molecule has 63 heavy (non-hydrogen) atoms. The Morgan fingerprint density at radius 2 is 1.10 bits per heavy atom. The number of allylic oxidation sites excluding steroid dienone is 8. The predicted molar refractivity (Wildman–Crippen MR) is 266 cm³/mol. The minimum absolute atomic E-state index is 0.0508. The molecule has 0 amide bonds. The molecule has 0 radical (unpaired) electrons. The molecule has 4 aliphatic rings. The van der Waals surface area contributed by atoms with Crippen molar-refractivity contribution in [2.45, 2.75) is 57.3 Å². The molecule has 1 N–H and O–H groups in total. The first kappa shape index (κ1) is 38.9.